The molecule has 6 nitrogen and oxygen atoms in total. The molecule has 33 heavy (non-hydrogen) atoms. The molecule has 0 radical (unpaired) electrons. The van der Waals surface area contributed by atoms with Crippen LogP contribution in [0.15, 0.2) is 97.1 Å². The molecule has 5 rings (SSSR count). The summed E-state index contributed by atoms with van der Waals surface area (Å²) in [5.41, 5.74) is 4.75. The summed E-state index contributed by atoms with van der Waals surface area (Å²) in [5.74, 6) is -0.854. The minimum absolute atomic E-state index is 0.0888. The highest BCUT2D eigenvalue weighted by Gasteiger charge is 2.24. The lowest BCUT2D eigenvalue weighted by molar-refractivity contribution is -0.116. The monoisotopic (exact) mass is 434 g/mol. The lowest BCUT2D eigenvalue weighted by Crippen LogP contribution is -2.22. The van der Waals surface area contributed by atoms with Crippen LogP contribution in [-0.4, -0.2) is 26.0 Å². The molecule has 2 N–H and O–H groups in total. The first kappa shape index (κ1) is 20.5. The molecule has 0 aliphatic carbocycles. The Morgan fingerprint density at radius 3 is 1.88 bits per heavy atom. The van der Waals surface area contributed by atoms with E-state index in [4.69, 9.17) is 0 Å². The molecule has 0 unspecified atom stereocenters. The van der Waals surface area contributed by atoms with E-state index in [1.54, 1.807) is 12.1 Å². The number of aryl methyl sites for hydroxylation is 1. The number of aromatic nitrogens is 3. The number of anilines is 1. The molecule has 0 bridgehead atoms. The molecule has 1 heterocycles. The molecular weight excluding hydrogens is 412 g/mol. The van der Waals surface area contributed by atoms with Crippen molar-refractivity contribution in [3.63, 3.8) is 0 Å². The smallest absolute Gasteiger partial charge is 0.236 e. The molecule has 1 amide bonds. The standard InChI is InChI=1S/C27H22N4O2/c1-18-16-23(26(32)24(17-18)31-29-21-14-8-9-15-22(21)30-31)28-27(33)25(19-10-4-2-5-11-19)20-12-6-3-7-13-20/h2-17,25,32H,1H3,(H,28,33). The van der Waals surface area contributed by atoms with E-state index in [9.17, 15) is 9.90 Å². The summed E-state index contributed by atoms with van der Waals surface area (Å²) in [6, 6.07) is 30.2. The highest BCUT2D eigenvalue weighted by atomic mass is 16.3. The van der Waals surface area contributed by atoms with Crippen LogP contribution >= 0.6 is 0 Å². The number of fused-ring (bicyclic) bond motifs is 1. The van der Waals surface area contributed by atoms with Crippen molar-refractivity contribution in [1.29, 1.82) is 0 Å². The molecule has 0 aliphatic heterocycles. The molecule has 1 aromatic heterocycles. The fourth-order valence-corrected chi connectivity index (χ4v) is 3.97. The summed E-state index contributed by atoms with van der Waals surface area (Å²) in [6.07, 6.45) is 0. The number of amides is 1. The third-order valence-electron chi connectivity index (χ3n) is 5.52. The molecule has 162 valence electrons. The van der Waals surface area contributed by atoms with E-state index in [1.165, 1.54) is 4.80 Å². The molecule has 0 atom stereocenters. The second-order valence-electron chi connectivity index (χ2n) is 7.90. The average Bonchev–Trinajstić information content (AvgIpc) is 3.27. The van der Waals surface area contributed by atoms with E-state index in [2.05, 4.69) is 15.5 Å². The van der Waals surface area contributed by atoms with Crippen molar-refractivity contribution in [3.8, 4) is 11.4 Å². The number of phenols is 1. The Bertz CT molecular complexity index is 1360. The SMILES string of the molecule is Cc1cc(NC(=O)C(c2ccccc2)c2ccccc2)c(O)c(-n2nc3ccccc3n2)c1. The van der Waals surface area contributed by atoms with Gasteiger partial charge in [-0.2, -0.15) is 0 Å². The van der Waals surface area contributed by atoms with Gasteiger partial charge in [-0.3, -0.25) is 4.79 Å². The van der Waals surface area contributed by atoms with Crippen molar-refractivity contribution in [1.82, 2.24) is 15.0 Å². The number of benzene rings is 4. The summed E-state index contributed by atoms with van der Waals surface area (Å²) in [7, 11) is 0. The Morgan fingerprint density at radius 1 is 0.818 bits per heavy atom. The zero-order valence-corrected chi connectivity index (χ0v) is 18.0. The first-order chi connectivity index (χ1) is 16.1. The molecular formula is C27H22N4O2. The highest BCUT2D eigenvalue weighted by Crippen LogP contribution is 2.34. The number of carbonyl (C=O) groups excluding carboxylic acids is 1. The summed E-state index contributed by atoms with van der Waals surface area (Å²) in [4.78, 5) is 14.9. The zero-order valence-electron chi connectivity index (χ0n) is 18.0. The Morgan fingerprint density at radius 2 is 1.33 bits per heavy atom. The van der Waals surface area contributed by atoms with Gasteiger partial charge in [0.2, 0.25) is 5.91 Å². The molecule has 0 saturated carbocycles. The van der Waals surface area contributed by atoms with Crippen LogP contribution in [0.4, 0.5) is 5.69 Å². The highest BCUT2D eigenvalue weighted by molar-refractivity contribution is 5.99. The van der Waals surface area contributed by atoms with Crippen LogP contribution in [-0.2, 0) is 4.79 Å². The number of phenolic OH excluding ortho intramolecular Hbond substituents is 1. The second kappa shape index (κ2) is 8.59. The fraction of sp³-hybridized carbons (Fsp3) is 0.0741. The maximum absolute atomic E-state index is 13.5. The number of nitrogens with one attached hydrogen (secondary N) is 1. The number of hydrogen-bond acceptors (Lipinski definition) is 4. The van der Waals surface area contributed by atoms with Crippen LogP contribution in [0.5, 0.6) is 5.75 Å². The molecule has 0 aliphatic rings. The summed E-state index contributed by atoms with van der Waals surface area (Å²) in [6.45, 7) is 1.90. The van der Waals surface area contributed by atoms with Crippen LogP contribution < -0.4 is 5.32 Å². The van der Waals surface area contributed by atoms with Gasteiger partial charge in [-0.25, -0.2) is 0 Å². The molecule has 0 spiro atoms. The quantitative estimate of drug-likeness (QED) is 0.372. The van der Waals surface area contributed by atoms with E-state index in [-0.39, 0.29) is 11.7 Å². The summed E-state index contributed by atoms with van der Waals surface area (Å²) < 4.78 is 0. The van der Waals surface area contributed by atoms with Gasteiger partial charge in [0, 0.05) is 0 Å². The lowest BCUT2D eigenvalue weighted by atomic mass is 9.90. The van der Waals surface area contributed by atoms with E-state index in [1.807, 2.05) is 91.9 Å². The third-order valence-corrected chi connectivity index (χ3v) is 5.52. The van der Waals surface area contributed by atoms with Crippen molar-refractivity contribution in [2.75, 3.05) is 5.32 Å². The Kier molecular flexibility index (Phi) is 5.32. The largest absolute Gasteiger partial charge is 0.504 e. The first-order valence-corrected chi connectivity index (χ1v) is 10.7. The van der Waals surface area contributed by atoms with Gasteiger partial charge in [-0.05, 0) is 47.9 Å². The van der Waals surface area contributed by atoms with E-state index < -0.39 is 5.92 Å². The van der Waals surface area contributed by atoms with Crippen LogP contribution in [0.2, 0.25) is 0 Å². The first-order valence-electron chi connectivity index (χ1n) is 10.7. The van der Waals surface area contributed by atoms with Crippen molar-refractivity contribution in [2.24, 2.45) is 0 Å². The Balaban J connectivity index is 1.53. The van der Waals surface area contributed by atoms with Crippen molar-refractivity contribution in [2.45, 2.75) is 12.8 Å². The van der Waals surface area contributed by atoms with Gasteiger partial charge in [0.05, 0.1) is 11.6 Å². The van der Waals surface area contributed by atoms with Crippen LogP contribution in [0.25, 0.3) is 16.7 Å². The number of nitrogens with zero attached hydrogens (tertiary/aromatic N) is 3. The molecule has 6 heteroatoms. The summed E-state index contributed by atoms with van der Waals surface area (Å²) in [5, 5.41) is 22.9. The Labute approximate surface area is 191 Å². The lowest BCUT2D eigenvalue weighted by Gasteiger charge is -2.19. The minimum atomic E-state index is -0.527. The predicted octanol–water partition coefficient (Wildman–Crippen LogP) is 5.21. The van der Waals surface area contributed by atoms with Crippen LogP contribution in [0.1, 0.15) is 22.6 Å². The van der Waals surface area contributed by atoms with Crippen LogP contribution in [0, 0.1) is 6.92 Å². The molecule has 0 fully saturated rings. The maximum Gasteiger partial charge on any atom is 0.236 e. The van der Waals surface area contributed by atoms with Crippen molar-refractivity contribution < 1.29 is 9.90 Å². The number of hydrogen-bond donors (Lipinski definition) is 2. The second-order valence-corrected chi connectivity index (χ2v) is 7.90. The number of carbonyl (C=O) groups is 1. The van der Waals surface area contributed by atoms with Gasteiger partial charge in [-0.1, -0.05) is 72.8 Å². The molecule has 0 saturated heterocycles. The fourth-order valence-electron chi connectivity index (χ4n) is 3.97. The van der Waals surface area contributed by atoms with Gasteiger partial charge < -0.3 is 10.4 Å². The van der Waals surface area contributed by atoms with Crippen molar-refractivity contribution >= 4 is 22.6 Å². The van der Waals surface area contributed by atoms with Crippen LogP contribution in [0.3, 0.4) is 0 Å². The normalized spacial score (nSPS) is 11.1. The molecule has 5 aromatic rings. The van der Waals surface area contributed by atoms with Gasteiger partial charge in [0.1, 0.15) is 16.7 Å². The predicted molar refractivity (Wildman–Crippen MR) is 129 cm³/mol. The van der Waals surface area contributed by atoms with E-state index >= 15 is 0 Å². The Hall–Kier alpha value is -4.45. The zero-order chi connectivity index (χ0) is 22.8. The minimum Gasteiger partial charge on any atom is -0.504 e. The van der Waals surface area contributed by atoms with E-state index in [0.717, 1.165) is 27.7 Å². The summed E-state index contributed by atoms with van der Waals surface area (Å²) >= 11 is 0. The van der Waals surface area contributed by atoms with Gasteiger partial charge in [0.25, 0.3) is 0 Å². The van der Waals surface area contributed by atoms with Gasteiger partial charge in [0.15, 0.2) is 5.75 Å². The maximum atomic E-state index is 13.5. The molecule has 4 aromatic carbocycles. The topological polar surface area (TPSA) is 80.0 Å². The van der Waals surface area contributed by atoms with Gasteiger partial charge in [-0.15, -0.1) is 15.0 Å². The average molecular weight is 434 g/mol. The van der Waals surface area contributed by atoms with E-state index in [0.29, 0.717) is 11.4 Å². The number of rotatable bonds is 5. The third kappa shape index (κ3) is 4.06. The number of aromatic hydroxyl groups is 1. The van der Waals surface area contributed by atoms with Crippen molar-refractivity contribution in [3.05, 3.63) is 114 Å². The van der Waals surface area contributed by atoms with Gasteiger partial charge >= 0.3 is 0 Å².